The molecule has 1 aliphatic carbocycles. The highest BCUT2D eigenvalue weighted by atomic mass is 16.2. The molecule has 0 bridgehead atoms. The highest BCUT2D eigenvalue weighted by Gasteiger charge is 2.34. The number of amides is 1. The zero-order chi connectivity index (χ0) is 17.8. The van der Waals surface area contributed by atoms with Gasteiger partial charge in [-0.25, -0.2) is 4.68 Å². The number of nitrogens with zero attached hydrogens (tertiary/aromatic N) is 4. The van der Waals surface area contributed by atoms with E-state index < -0.39 is 0 Å². The average molecular weight is 346 g/mol. The molecule has 3 aromatic rings. The van der Waals surface area contributed by atoms with E-state index in [2.05, 4.69) is 18.9 Å². The van der Waals surface area contributed by atoms with Gasteiger partial charge in [-0.3, -0.25) is 14.7 Å². The van der Waals surface area contributed by atoms with E-state index in [0.29, 0.717) is 12.0 Å². The van der Waals surface area contributed by atoms with E-state index in [-0.39, 0.29) is 11.9 Å². The van der Waals surface area contributed by atoms with Crippen molar-refractivity contribution in [2.24, 2.45) is 0 Å². The summed E-state index contributed by atoms with van der Waals surface area (Å²) >= 11 is 0. The van der Waals surface area contributed by atoms with E-state index in [1.807, 2.05) is 46.0 Å². The number of para-hydroxylation sites is 1. The molecular weight excluding hydrogens is 324 g/mol. The largest absolute Gasteiger partial charge is 0.290 e. The highest BCUT2D eigenvalue weighted by Crippen LogP contribution is 2.41. The smallest absolute Gasteiger partial charge is 0.260 e. The SMILES string of the molecule is C[C@@H]1C[C@@H](C)n2nccc2N1C(=O)c1cc(C2CC2)nc2ccccc12. The van der Waals surface area contributed by atoms with E-state index in [1.165, 1.54) is 12.8 Å². The van der Waals surface area contributed by atoms with Gasteiger partial charge >= 0.3 is 0 Å². The Morgan fingerprint density at radius 1 is 1.12 bits per heavy atom. The van der Waals surface area contributed by atoms with E-state index in [9.17, 15) is 4.79 Å². The lowest BCUT2D eigenvalue weighted by Crippen LogP contribution is -2.45. The topological polar surface area (TPSA) is 51.0 Å². The number of carbonyl (C=O) groups excluding carboxylic acids is 1. The van der Waals surface area contributed by atoms with Crippen LogP contribution in [0.1, 0.15) is 61.1 Å². The standard InChI is InChI=1S/C21H22N4O/c1-13-11-14(2)25-20(9-10-22-25)24(13)21(26)17-12-19(15-7-8-15)23-18-6-4-3-5-16(17)18/h3-6,9-10,12-15H,7-8,11H2,1-2H3/t13-,14-/m1/s1. The van der Waals surface area contributed by atoms with Gasteiger partial charge in [0.25, 0.3) is 5.91 Å². The fourth-order valence-corrected chi connectivity index (χ4v) is 4.16. The number of hydrogen-bond donors (Lipinski definition) is 0. The molecule has 5 nitrogen and oxygen atoms in total. The van der Waals surface area contributed by atoms with E-state index in [4.69, 9.17) is 4.98 Å². The molecule has 2 aromatic heterocycles. The Morgan fingerprint density at radius 3 is 2.73 bits per heavy atom. The maximum atomic E-state index is 13.6. The molecule has 0 radical (unpaired) electrons. The lowest BCUT2D eigenvalue weighted by Gasteiger charge is -2.37. The van der Waals surface area contributed by atoms with Gasteiger partial charge in [-0.15, -0.1) is 0 Å². The molecular formula is C21H22N4O. The van der Waals surface area contributed by atoms with E-state index in [0.717, 1.165) is 34.4 Å². The van der Waals surface area contributed by atoms with Gasteiger partial charge in [0.15, 0.2) is 0 Å². The predicted octanol–water partition coefficient (Wildman–Crippen LogP) is 4.31. The van der Waals surface area contributed by atoms with Crippen molar-refractivity contribution in [1.29, 1.82) is 0 Å². The first-order valence-electron chi connectivity index (χ1n) is 9.40. The van der Waals surface area contributed by atoms with Gasteiger partial charge < -0.3 is 0 Å². The molecule has 5 rings (SSSR count). The van der Waals surface area contributed by atoms with Crippen LogP contribution in [-0.2, 0) is 0 Å². The van der Waals surface area contributed by atoms with E-state index >= 15 is 0 Å². The second-order valence-electron chi connectivity index (χ2n) is 7.63. The molecule has 132 valence electrons. The van der Waals surface area contributed by atoms with Crippen LogP contribution in [0.3, 0.4) is 0 Å². The van der Waals surface area contributed by atoms with Crippen LogP contribution in [0.5, 0.6) is 0 Å². The van der Waals surface area contributed by atoms with Crippen molar-refractivity contribution in [1.82, 2.24) is 14.8 Å². The summed E-state index contributed by atoms with van der Waals surface area (Å²) in [4.78, 5) is 20.4. The number of hydrogen-bond acceptors (Lipinski definition) is 3. The molecule has 1 fully saturated rings. The zero-order valence-electron chi connectivity index (χ0n) is 15.1. The Balaban J connectivity index is 1.66. The minimum absolute atomic E-state index is 0.0478. The fourth-order valence-electron chi connectivity index (χ4n) is 4.16. The molecule has 1 aromatic carbocycles. The Bertz CT molecular complexity index is 1000. The van der Waals surface area contributed by atoms with Gasteiger partial charge in [-0.05, 0) is 45.2 Å². The van der Waals surface area contributed by atoms with Crippen molar-refractivity contribution in [2.45, 2.75) is 51.1 Å². The fraction of sp³-hybridized carbons (Fsp3) is 0.381. The quantitative estimate of drug-likeness (QED) is 0.695. The molecule has 26 heavy (non-hydrogen) atoms. The molecule has 2 atom stereocenters. The molecule has 0 N–H and O–H groups in total. The second-order valence-corrected chi connectivity index (χ2v) is 7.63. The summed E-state index contributed by atoms with van der Waals surface area (Å²) in [6.45, 7) is 4.28. The molecule has 0 saturated heterocycles. The summed E-state index contributed by atoms with van der Waals surface area (Å²) in [6, 6.07) is 12.4. The van der Waals surface area contributed by atoms with Crippen LogP contribution in [0.2, 0.25) is 0 Å². The number of pyridine rings is 1. The number of benzene rings is 1. The molecule has 1 aliphatic heterocycles. The lowest BCUT2D eigenvalue weighted by atomic mass is 10.0. The van der Waals surface area contributed by atoms with Crippen molar-refractivity contribution in [2.75, 3.05) is 4.90 Å². The van der Waals surface area contributed by atoms with Crippen LogP contribution in [0.4, 0.5) is 5.82 Å². The summed E-state index contributed by atoms with van der Waals surface area (Å²) in [5, 5.41) is 5.36. The summed E-state index contributed by atoms with van der Waals surface area (Å²) in [5.41, 5.74) is 2.72. The normalized spacial score (nSPS) is 22.5. The molecule has 1 amide bonds. The summed E-state index contributed by atoms with van der Waals surface area (Å²) in [6.07, 6.45) is 5.02. The molecule has 5 heteroatoms. The van der Waals surface area contributed by atoms with Gasteiger partial charge in [-0.1, -0.05) is 18.2 Å². The van der Waals surface area contributed by atoms with Crippen molar-refractivity contribution in [3.05, 3.63) is 53.9 Å². The van der Waals surface area contributed by atoms with Gasteiger partial charge in [-0.2, -0.15) is 5.10 Å². The Hall–Kier alpha value is -2.69. The number of rotatable bonds is 2. The van der Waals surface area contributed by atoms with Crippen LogP contribution < -0.4 is 4.90 Å². The average Bonchev–Trinajstić information content (AvgIpc) is 3.38. The number of carbonyl (C=O) groups is 1. The maximum absolute atomic E-state index is 13.6. The van der Waals surface area contributed by atoms with Crippen molar-refractivity contribution >= 4 is 22.6 Å². The lowest BCUT2D eigenvalue weighted by molar-refractivity contribution is 0.0968. The minimum atomic E-state index is 0.0478. The molecule has 0 spiro atoms. The van der Waals surface area contributed by atoms with Crippen LogP contribution in [-0.4, -0.2) is 26.7 Å². The summed E-state index contributed by atoms with van der Waals surface area (Å²) in [7, 11) is 0. The van der Waals surface area contributed by atoms with Crippen molar-refractivity contribution in [3.63, 3.8) is 0 Å². The summed E-state index contributed by atoms with van der Waals surface area (Å²) < 4.78 is 1.96. The number of anilines is 1. The van der Waals surface area contributed by atoms with Gasteiger partial charge in [0.2, 0.25) is 0 Å². The third kappa shape index (κ3) is 2.34. The Kier molecular flexibility index (Phi) is 3.39. The predicted molar refractivity (Wildman–Crippen MR) is 102 cm³/mol. The van der Waals surface area contributed by atoms with Crippen LogP contribution in [0, 0.1) is 0 Å². The van der Waals surface area contributed by atoms with E-state index in [1.54, 1.807) is 6.20 Å². The van der Waals surface area contributed by atoms with Gasteiger partial charge in [0, 0.05) is 29.1 Å². The van der Waals surface area contributed by atoms with Crippen LogP contribution in [0.25, 0.3) is 10.9 Å². The number of aromatic nitrogens is 3. The Morgan fingerprint density at radius 2 is 1.92 bits per heavy atom. The minimum Gasteiger partial charge on any atom is -0.290 e. The Labute approximate surface area is 152 Å². The molecule has 0 unspecified atom stereocenters. The monoisotopic (exact) mass is 346 g/mol. The third-order valence-electron chi connectivity index (χ3n) is 5.62. The first-order chi connectivity index (χ1) is 12.6. The van der Waals surface area contributed by atoms with Crippen molar-refractivity contribution < 1.29 is 4.79 Å². The second kappa shape index (κ2) is 5.66. The summed E-state index contributed by atoms with van der Waals surface area (Å²) in [5.74, 6) is 1.44. The highest BCUT2D eigenvalue weighted by molar-refractivity contribution is 6.13. The van der Waals surface area contributed by atoms with Gasteiger partial charge in [0.1, 0.15) is 5.82 Å². The molecule has 2 aliphatic rings. The van der Waals surface area contributed by atoms with Crippen LogP contribution >= 0.6 is 0 Å². The maximum Gasteiger partial charge on any atom is 0.260 e. The third-order valence-corrected chi connectivity index (χ3v) is 5.62. The zero-order valence-corrected chi connectivity index (χ0v) is 15.1. The number of fused-ring (bicyclic) bond motifs is 2. The molecule has 1 saturated carbocycles. The first-order valence-corrected chi connectivity index (χ1v) is 9.40. The molecule has 3 heterocycles. The van der Waals surface area contributed by atoms with Crippen LogP contribution in [0.15, 0.2) is 42.6 Å². The first kappa shape index (κ1) is 15.6. The van der Waals surface area contributed by atoms with Gasteiger partial charge in [0.05, 0.1) is 23.3 Å². The van der Waals surface area contributed by atoms with Crippen molar-refractivity contribution in [3.8, 4) is 0 Å².